The number of ether oxygens (including phenoxy) is 4. The highest BCUT2D eigenvalue weighted by Crippen LogP contribution is 2.38. The van der Waals surface area contributed by atoms with Crippen LogP contribution < -0.4 is 24.8 Å². The largest absolute Gasteiger partial charge is 0.496 e. The molecule has 0 saturated carbocycles. The van der Waals surface area contributed by atoms with E-state index in [1.807, 2.05) is 36.4 Å². The number of nitrogens with zero attached hydrogens (tertiary/aromatic N) is 1. The summed E-state index contributed by atoms with van der Waals surface area (Å²) in [7, 11) is 1.57. The number of oxazole rings is 1. The van der Waals surface area contributed by atoms with Crippen molar-refractivity contribution in [2.45, 2.75) is 32.6 Å². The van der Waals surface area contributed by atoms with E-state index in [9.17, 15) is 9.59 Å². The van der Waals surface area contributed by atoms with Crippen LogP contribution >= 0.6 is 0 Å². The highest BCUT2D eigenvalue weighted by Gasteiger charge is 2.17. The number of esters is 1. The smallest absolute Gasteiger partial charge is 0.319 e. The number of nitrogens with one attached hydrogen (secondary N) is 2. The zero-order valence-corrected chi connectivity index (χ0v) is 22.5. The lowest BCUT2D eigenvalue weighted by Gasteiger charge is -2.11. The molecular formula is C30H31N3O7. The molecule has 0 fully saturated rings. The van der Waals surface area contributed by atoms with Crippen LogP contribution in [0, 0.1) is 0 Å². The van der Waals surface area contributed by atoms with Gasteiger partial charge in [0.1, 0.15) is 11.3 Å². The predicted molar refractivity (Wildman–Crippen MR) is 150 cm³/mol. The molecule has 0 unspecified atom stereocenters. The van der Waals surface area contributed by atoms with Gasteiger partial charge in [0.05, 0.1) is 19.3 Å². The van der Waals surface area contributed by atoms with Gasteiger partial charge in [-0.15, -0.1) is 0 Å². The molecule has 0 spiro atoms. The van der Waals surface area contributed by atoms with Crippen LogP contribution in [0.25, 0.3) is 33.7 Å². The first-order chi connectivity index (χ1) is 19.5. The number of rotatable bonds is 11. The number of benzene rings is 3. The topological polar surface area (TPSA) is 121 Å². The van der Waals surface area contributed by atoms with Crippen LogP contribution in [0.4, 0.5) is 10.5 Å². The fourth-order valence-electron chi connectivity index (χ4n) is 4.43. The maximum absolute atomic E-state index is 12.4. The second-order valence-electron chi connectivity index (χ2n) is 9.18. The first-order valence-electron chi connectivity index (χ1n) is 13.2. The molecule has 2 amide bonds. The molecule has 10 heteroatoms. The van der Waals surface area contributed by atoms with Crippen molar-refractivity contribution in [2.24, 2.45) is 0 Å². The second-order valence-corrected chi connectivity index (χ2v) is 9.18. The lowest BCUT2D eigenvalue weighted by Crippen LogP contribution is -2.29. The van der Waals surface area contributed by atoms with Crippen molar-refractivity contribution in [3.8, 4) is 39.8 Å². The molecule has 0 saturated heterocycles. The fraction of sp³-hybridized carbons (Fsp3) is 0.300. The van der Waals surface area contributed by atoms with Gasteiger partial charge in [0.2, 0.25) is 12.7 Å². The predicted octanol–water partition coefficient (Wildman–Crippen LogP) is 6.14. The van der Waals surface area contributed by atoms with Crippen molar-refractivity contribution < 1.29 is 33.0 Å². The Morgan fingerprint density at radius 2 is 1.77 bits per heavy atom. The third kappa shape index (κ3) is 6.28. The summed E-state index contributed by atoms with van der Waals surface area (Å²) >= 11 is 0. The number of fused-ring (bicyclic) bond motifs is 2. The molecule has 40 heavy (non-hydrogen) atoms. The van der Waals surface area contributed by atoms with E-state index in [1.165, 1.54) is 0 Å². The molecule has 1 aliphatic rings. The molecule has 0 bridgehead atoms. The quantitative estimate of drug-likeness (QED) is 0.170. The van der Waals surface area contributed by atoms with E-state index >= 15 is 0 Å². The number of unbranched alkanes of at least 4 members (excludes halogenated alkanes) is 2. The average Bonchev–Trinajstić information content (AvgIpc) is 3.61. The van der Waals surface area contributed by atoms with Gasteiger partial charge < -0.3 is 34.0 Å². The zero-order chi connectivity index (χ0) is 27.9. The van der Waals surface area contributed by atoms with E-state index in [0.29, 0.717) is 59.3 Å². The van der Waals surface area contributed by atoms with Crippen LogP contribution in [0.2, 0.25) is 0 Å². The minimum Gasteiger partial charge on any atom is -0.496 e. The number of hydrogen-bond donors (Lipinski definition) is 2. The van der Waals surface area contributed by atoms with E-state index in [4.69, 9.17) is 28.3 Å². The van der Waals surface area contributed by atoms with Crippen molar-refractivity contribution in [3.63, 3.8) is 0 Å². The first kappa shape index (κ1) is 26.9. The summed E-state index contributed by atoms with van der Waals surface area (Å²) in [6.07, 6.45) is 2.70. The molecule has 1 aliphatic heterocycles. The summed E-state index contributed by atoms with van der Waals surface area (Å²) in [5.74, 6) is 2.20. The van der Waals surface area contributed by atoms with Crippen molar-refractivity contribution in [1.82, 2.24) is 10.3 Å². The van der Waals surface area contributed by atoms with E-state index in [1.54, 1.807) is 32.2 Å². The molecule has 208 valence electrons. The zero-order valence-electron chi connectivity index (χ0n) is 22.5. The number of carbonyl (C=O) groups excluding carboxylic acids is 2. The maximum Gasteiger partial charge on any atom is 0.319 e. The summed E-state index contributed by atoms with van der Waals surface area (Å²) in [5, 5.41) is 5.68. The Bertz CT molecular complexity index is 1510. The van der Waals surface area contributed by atoms with Gasteiger partial charge in [-0.3, -0.25) is 4.79 Å². The van der Waals surface area contributed by atoms with Crippen LogP contribution in [-0.2, 0) is 9.53 Å². The lowest BCUT2D eigenvalue weighted by molar-refractivity contribution is -0.143. The Labute approximate surface area is 231 Å². The number of carbonyl (C=O) groups is 2. The molecule has 10 nitrogen and oxygen atoms in total. The minimum atomic E-state index is -0.326. The molecule has 5 rings (SSSR count). The Hall–Kier alpha value is -4.73. The second kappa shape index (κ2) is 12.4. The number of methoxy groups -OCH3 is 1. The van der Waals surface area contributed by atoms with Crippen LogP contribution in [0.3, 0.4) is 0 Å². The molecule has 0 atom stereocenters. The van der Waals surface area contributed by atoms with Gasteiger partial charge in [0.15, 0.2) is 17.1 Å². The molecule has 0 aliphatic carbocycles. The summed E-state index contributed by atoms with van der Waals surface area (Å²) in [4.78, 5) is 28.5. The van der Waals surface area contributed by atoms with Gasteiger partial charge in [-0.2, -0.15) is 0 Å². The molecule has 1 aromatic heterocycles. The van der Waals surface area contributed by atoms with Gasteiger partial charge >= 0.3 is 12.0 Å². The SMILES string of the molecule is CCOC(=O)CCCCCNC(=O)Nc1ccc(OC)c(-c2nc3cc(-c4ccc5c(c4)OCO5)ccc3o2)c1. The third-order valence-corrected chi connectivity index (χ3v) is 6.43. The number of anilines is 1. The lowest BCUT2D eigenvalue weighted by atomic mass is 10.0. The Kier molecular flexibility index (Phi) is 8.34. The van der Waals surface area contributed by atoms with E-state index < -0.39 is 0 Å². The van der Waals surface area contributed by atoms with Gasteiger partial charge in [-0.05, 0) is 73.4 Å². The molecule has 2 heterocycles. The van der Waals surface area contributed by atoms with Crippen molar-refractivity contribution in [1.29, 1.82) is 0 Å². The number of amides is 2. The van der Waals surface area contributed by atoms with E-state index in [0.717, 1.165) is 36.1 Å². The standard InChI is InChI=1S/C30H31N3O7/c1-3-37-28(34)7-5-4-6-14-31-30(35)32-21-10-13-24(36-2)22(17-21)29-33-23-15-19(8-11-25(23)40-29)20-9-12-26-27(16-20)39-18-38-26/h8-13,15-17H,3-7,14,18H2,1-2H3,(H2,31,32,35). The highest BCUT2D eigenvalue weighted by atomic mass is 16.7. The Morgan fingerprint density at radius 3 is 2.62 bits per heavy atom. The average molecular weight is 546 g/mol. The number of urea groups is 1. The van der Waals surface area contributed by atoms with E-state index in [-0.39, 0.29) is 18.8 Å². The van der Waals surface area contributed by atoms with Crippen molar-refractivity contribution >= 4 is 28.8 Å². The minimum absolute atomic E-state index is 0.187. The van der Waals surface area contributed by atoms with Gasteiger partial charge in [-0.25, -0.2) is 9.78 Å². The Balaban J connectivity index is 1.24. The highest BCUT2D eigenvalue weighted by molar-refractivity contribution is 5.91. The summed E-state index contributed by atoms with van der Waals surface area (Å²) < 4.78 is 27.4. The van der Waals surface area contributed by atoms with Gasteiger partial charge in [0.25, 0.3) is 0 Å². The normalized spacial score (nSPS) is 11.8. The molecule has 2 N–H and O–H groups in total. The van der Waals surface area contributed by atoms with Gasteiger partial charge in [-0.1, -0.05) is 18.6 Å². The number of hydrogen-bond acceptors (Lipinski definition) is 8. The summed E-state index contributed by atoms with van der Waals surface area (Å²) in [5.41, 5.74) is 4.43. The summed E-state index contributed by atoms with van der Waals surface area (Å²) in [6, 6.07) is 16.5. The van der Waals surface area contributed by atoms with Crippen LogP contribution in [0.1, 0.15) is 32.6 Å². The molecule has 3 aromatic carbocycles. The van der Waals surface area contributed by atoms with Crippen LogP contribution in [0.15, 0.2) is 59.0 Å². The molecular weight excluding hydrogens is 514 g/mol. The molecule has 4 aromatic rings. The van der Waals surface area contributed by atoms with Crippen LogP contribution in [0.5, 0.6) is 17.2 Å². The third-order valence-electron chi connectivity index (χ3n) is 6.43. The first-order valence-corrected chi connectivity index (χ1v) is 13.2. The van der Waals surface area contributed by atoms with Crippen molar-refractivity contribution in [2.75, 3.05) is 32.4 Å². The van der Waals surface area contributed by atoms with Crippen molar-refractivity contribution in [3.05, 3.63) is 54.6 Å². The van der Waals surface area contributed by atoms with E-state index in [2.05, 4.69) is 10.6 Å². The summed E-state index contributed by atoms with van der Waals surface area (Å²) in [6.45, 7) is 2.90. The number of aromatic nitrogens is 1. The van der Waals surface area contributed by atoms with Gasteiger partial charge in [0, 0.05) is 18.7 Å². The van der Waals surface area contributed by atoms with Crippen LogP contribution in [-0.4, -0.2) is 44.0 Å². The fourth-order valence-corrected chi connectivity index (χ4v) is 4.43. The molecule has 0 radical (unpaired) electrons. The maximum atomic E-state index is 12.4. The monoisotopic (exact) mass is 545 g/mol. The Morgan fingerprint density at radius 1 is 0.950 bits per heavy atom.